The van der Waals surface area contributed by atoms with Crippen molar-refractivity contribution in [3.63, 3.8) is 0 Å². The zero-order valence-corrected chi connectivity index (χ0v) is 14.4. The van der Waals surface area contributed by atoms with Gasteiger partial charge in [0.25, 0.3) is 11.8 Å². The number of rotatable bonds is 4. The molecule has 0 saturated carbocycles. The maximum Gasteiger partial charge on any atom is 0.325 e. The van der Waals surface area contributed by atoms with Crippen molar-refractivity contribution in [1.82, 2.24) is 21.1 Å². The van der Waals surface area contributed by atoms with Crippen LogP contribution < -0.4 is 20.9 Å². The van der Waals surface area contributed by atoms with Crippen LogP contribution in [0.2, 0.25) is 0 Å². The quantitative estimate of drug-likeness (QED) is 0.520. The number of nitrogens with zero attached hydrogens (tertiary/aromatic N) is 1. The van der Waals surface area contributed by atoms with E-state index in [1.807, 2.05) is 6.92 Å². The van der Waals surface area contributed by atoms with E-state index in [0.29, 0.717) is 11.3 Å². The van der Waals surface area contributed by atoms with Crippen LogP contribution in [-0.4, -0.2) is 42.3 Å². The topological polar surface area (TPSA) is 117 Å². The number of hydrazine groups is 1. The first kappa shape index (κ1) is 18.2. The Balaban J connectivity index is 2.20. The van der Waals surface area contributed by atoms with E-state index in [1.54, 1.807) is 32.2 Å². The molecule has 1 aliphatic heterocycles. The molecule has 1 aliphatic rings. The largest absolute Gasteiger partial charge is 0.496 e. The van der Waals surface area contributed by atoms with Crippen LogP contribution in [0.25, 0.3) is 0 Å². The van der Waals surface area contributed by atoms with Gasteiger partial charge >= 0.3 is 6.03 Å². The van der Waals surface area contributed by atoms with Crippen LogP contribution in [0.5, 0.6) is 5.75 Å². The molecule has 134 valence electrons. The number of carbonyl (C=O) groups is 4. The third kappa shape index (κ3) is 3.54. The first-order valence-corrected chi connectivity index (χ1v) is 7.53. The number of imide groups is 1. The smallest absolute Gasteiger partial charge is 0.325 e. The van der Waals surface area contributed by atoms with Crippen LogP contribution in [-0.2, 0) is 19.9 Å². The van der Waals surface area contributed by atoms with Gasteiger partial charge in [0.05, 0.1) is 7.11 Å². The van der Waals surface area contributed by atoms with Crippen LogP contribution in [0.4, 0.5) is 4.79 Å². The summed E-state index contributed by atoms with van der Waals surface area (Å²) in [5, 5.41) is 2.61. The van der Waals surface area contributed by atoms with Crippen molar-refractivity contribution in [2.24, 2.45) is 0 Å². The molecule has 0 aliphatic carbocycles. The highest BCUT2D eigenvalue weighted by Gasteiger charge is 2.49. The molecule has 1 unspecified atom stereocenters. The Morgan fingerprint density at radius 2 is 1.96 bits per heavy atom. The van der Waals surface area contributed by atoms with E-state index in [1.165, 1.54) is 6.92 Å². The summed E-state index contributed by atoms with van der Waals surface area (Å²) in [5.74, 6) is -1.05. The molecule has 1 aromatic rings. The molecule has 25 heavy (non-hydrogen) atoms. The molecule has 2 rings (SSSR count). The average Bonchev–Trinajstić information content (AvgIpc) is 2.77. The molecule has 1 saturated heterocycles. The maximum absolute atomic E-state index is 12.7. The summed E-state index contributed by atoms with van der Waals surface area (Å²) in [7, 11) is 1.54. The highest BCUT2D eigenvalue weighted by molar-refractivity contribution is 6.09. The number of nitrogens with one attached hydrogen (secondary N) is 3. The van der Waals surface area contributed by atoms with E-state index in [4.69, 9.17) is 4.74 Å². The number of hydrogen-bond donors (Lipinski definition) is 3. The summed E-state index contributed by atoms with van der Waals surface area (Å²) in [5.41, 5.74) is 4.31. The normalized spacial score (nSPS) is 19.4. The highest BCUT2D eigenvalue weighted by atomic mass is 16.5. The van der Waals surface area contributed by atoms with Crippen molar-refractivity contribution in [2.45, 2.75) is 26.3 Å². The number of carbonyl (C=O) groups excluding carboxylic acids is 4. The lowest BCUT2D eigenvalue weighted by Gasteiger charge is -2.23. The van der Waals surface area contributed by atoms with Crippen molar-refractivity contribution >= 4 is 23.8 Å². The first-order valence-electron chi connectivity index (χ1n) is 7.53. The maximum atomic E-state index is 12.7. The van der Waals surface area contributed by atoms with E-state index < -0.39 is 35.8 Å². The average molecular weight is 348 g/mol. The Hall–Kier alpha value is -3.10. The SMILES string of the molecule is COc1ccc(C2(C)NC(=O)N(CC(=O)NNC(C)=O)C2=O)cc1C. The van der Waals surface area contributed by atoms with Crippen LogP contribution in [0.15, 0.2) is 18.2 Å². The number of aryl methyl sites for hydroxylation is 1. The first-order chi connectivity index (χ1) is 11.7. The standard InChI is InChI=1S/C16H20N4O5/c1-9-7-11(5-6-12(9)25-4)16(3)14(23)20(15(24)17-16)8-13(22)19-18-10(2)21/h5-7H,8H2,1-4H3,(H,17,24)(H,18,21)(H,19,22). The van der Waals surface area contributed by atoms with Crippen LogP contribution in [0, 0.1) is 6.92 Å². The van der Waals surface area contributed by atoms with E-state index >= 15 is 0 Å². The van der Waals surface area contributed by atoms with E-state index in [2.05, 4.69) is 16.2 Å². The van der Waals surface area contributed by atoms with Crippen molar-refractivity contribution in [3.8, 4) is 5.75 Å². The second-order valence-electron chi connectivity index (χ2n) is 5.86. The van der Waals surface area contributed by atoms with Gasteiger partial charge in [-0.15, -0.1) is 0 Å². The molecule has 0 bridgehead atoms. The molecule has 9 heteroatoms. The fourth-order valence-corrected chi connectivity index (χ4v) is 2.57. The second-order valence-corrected chi connectivity index (χ2v) is 5.86. The van der Waals surface area contributed by atoms with Gasteiger partial charge < -0.3 is 10.1 Å². The van der Waals surface area contributed by atoms with Crippen molar-refractivity contribution in [2.75, 3.05) is 13.7 Å². The van der Waals surface area contributed by atoms with Gasteiger partial charge in [-0.05, 0) is 37.1 Å². The predicted molar refractivity (Wildman–Crippen MR) is 87.3 cm³/mol. The molecule has 0 radical (unpaired) electrons. The lowest BCUT2D eigenvalue weighted by atomic mass is 9.90. The van der Waals surface area contributed by atoms with E-state index in [9.17, 15) is 19.2 Å². The van der Waals surface area contributed by atoms with Crippen molar-refractivity contribution in [1.29, 1.82) is 0 Å². The Bertz CT molecular complexity index is 748. The lowest BCUT2D eigenvalue weighted by molar-refractivity contribution is -0.135. The molecule has 1 heterocycles. The highest BCUT2D eigenvalue weighted by Crippen LogP contribution is 2.31. The third-order valence-corrected chi connectivity index (χ3v) is 3.93. The summed E-state index contributed by atoms with van der Waals surface area (Å²) < 4.78 is 5.19. The number of ether oxygens (including phenoxy) is 1. The summed E-state index contributed by atoms with van der Waals surface area (Å²) in [6, 6.07) is 4.46. The zero-order chi connectivity index (χ0) is 18.8. The van der Waals surface area contributed by atoms with Gasteiger partial charge in [0, 0.05) is 6.92 Å². The van der Waals surface area contributed by atoms with Gasteiger partial charge in [0.2, 0.25) is 5.91 Å². The van der Waals surface area contributed by atoms with Gasteiger partial charge in [-0.2, -0.15) is 0 Å². The molecule has 3 N–H and O–H groups in total. The van der Waals surface area contributed by atoms with Crippen LogP contribution >= 0.6 is 0 Å². The molecule has 0 aromatic heterocycles. The molecule has 1 fully saturated rings. The lowest BCUT2D eigenvalue weighted by Crippen LogP contribution is -2.47. The third-order valence-electron chi connectivity index (χ3n) is 3.93. The number of methoxy groups -OCH3 is 1. The molecular formula is C16H20N4O5. The Labute approximate surface area is 144 Å². The number of benzene rings is 1. The molecule has 5 amide bonds. The van der Waals surface area contributed by atoms with Gasteiger partial charge in [0.1, 0.15) is 17.8 Å². The number of urea groups is 1. The fraction of sp³-hybridized carbons (Fsp3) is 0.375. The summed E-state index contributed by atoms with van der Waals surface area (Å²) in [6.45, 7) is 4.11. The Morgan fingerprint density at radius 3 is 2.52 bits per heavy atom. The van der Waals surface area contributed by atoms with Gasteiger partial charge in [-0.3, -0.25) is 30.1 Å². The van der Waals surface area contributed by atoms with Crippen LogP contribution in [0.1, 0.15) is 25.0 Å². The number of hydrogen-bond acceptors (Lipinski definition) is 5. The van der Waals surface area contributed by atoms with Gasteiger partial charge in [-0.1, -0.05) is 6.07 Å². The Kier molecular flexibility index (Phi) is 4.96. The predicted octanol–water partition coefficient (Wildman–Crippen LogP) is -0.0621. The summed E-state index contributed by atoms with van der Waals surface area (Å²) >= 11 is 0. The monoisotopic (exact) mass is 348 g/mol. The summed E-state index contributed by atoms with van der Waals surface area (Å²) in [6.07, 6.45) is 0. The Morgan fingerprint density at radius 1 is 1.28 bits per heavy atom. The van der Waals surface area contributed by atoms with E-state index in [0.717, 1.165) is 10.5 Å². The van der Waals surface area contributed by atoms with E-state index in [-0.39, 0.29) is 0 Å². The van der Waals surface area contributed by atoms with Gasteiger partial charge in [0.15, 0.2) is 0 Å². The minimum atomic E-state index is -1.29. The minimum Gasteiger partial charge on any atom is -0.496 e. The van der Waals surface area contributed by atoms with Crippen molar-refractivity contribution in [3.05, 3.63) is 29.3 Å². The minimum absolute atomic E-state index is 0.468. The molecule has 9 nitrogen and oxygen atoms in total. The molecule has 1 atom stereocenters. The number of amides is 5. The van der Waals surface area contributed by atoms with Crippen LogP contribution in [0.3, 0.4) is 0 Å². The zero-order valence-electron chi connectivity index (χ0n) is 14.4. The second kappa shape index (κ2) is 6.80. The molecule has 1 aromatic carbocycles. The van der Waals surface area contributed by atoms with Crippen molar-refractivity contribution < 1.29 is 23.9 Å². The summed E-state index contributed by atoms with van der Waals surface area (Å²) in [4.78, 5) is 48.2. The fourth-order valence-electron chi connectivity index (χ4n) is 2.57. The molecule has 0 spiro atoms. The molecular weight excluding hydrogens is 328 g/mol. The van der Waals surface area contributed by atoms with Gasteiger partial charge in [-0.25, -0.2) is 4.79 Å².